The second-order valence-corrected chi connectivity index (χ2v) is 5.14. The van der Waals surface area contributed by atoms with Crippen molar-refractivity contribution in [3.63, 3.8) is 0 Å². The molecule has 5 nitrogen and oxygen atoms in total. The first kappa shape index (κ1) is 13.1. The molecular weight excluding hydrogens is 248 g/mol. The second-order valence-electron chi connectivity index (χ2n) is 5.14. The van der Waals surface area contributed by atoms with Gasteiger partial charge in [-0.3, -0.25) is 0 Å². The lowest BCUT2D eigenvalue weighted by Crippen LogP contribution is -2.23. The summed E-state index contributed by atoms with van der Waals surface area (Å²) in [5, 5.41) is 9.59. The summed E-state index contributed by atoms with van der Waals surface area (Å²) in [6.07, 6.45) is 0. The van der Waals surface area contributed by atoms with Crippen LogP contribution in [0.25, 0.3) is 10.8 Å². The van der Waals surface area contributed by atoms with Crippen LogP contribution < -0.4 is 10.4 Å². The fourth-order valence-corrected chi connectivity index (χ4v) is 1.73. The van der Waals surface area contributed by atoms with Gasteiger partial charge in [0.25, 0.3) is 0 Å². The van der Waals surface area contributed by atoms with Gasteiger partial charge >= 0.3 is 11.6 Å². The Hall–Kier alpha value is -2.30. The molecule has 0 bridgehead atoms. The van der Waals surface area contributed by atoms with Crippen molar-refractivity contribution in [2.45, 2.75) is 26.4 Å². The molecule has 1 aromatic carbocycles. The van der Waals surface area contributed by atoms with Gasteiger partial charge in [-0.2, -0.15) is 0 Å². The molecular formula is C14H14O5. The Balaban J connectivity index is 2.70. The fraction of sp³-hybridized carbons (Fsp3) is 0.286. The van der Waals surface area contributed by atoms with Crippen molar-refractivity contribution >= 4 is 16.7 Å². The number of carboxylic acid groups (broad SMARTS) is 1. The molecule has 0 fully saturated rings. The molecule has 0 saturated heterocycles. The predicted octanol–water partition coefficient (Wildman–Crippen LogP) is 2.67. The summed E-state index contributed by atoms with van der Waals surface area (Å²) in [6.45, 7) is 5.58. The minimum Gasteiger partial charge on any atom is -0.487 e. The Bertz CT molecular complexity index is 691. The van der Waals surface area contributed by atoms with E-state index in [0.717, 1.165) is 0 Å². The lowest BCUT2D eigenvalue weighted by atomic mass is 10.1. The van der Waals surface area contributed by atoms with E-state index >= 15 is 0 Å². The molecule has 0 atom stereocenters. The molecule has 2 aromatic rings. The summed E-state index contributed by atoms with van der Waals surface area (Å²) < 4.78 is 10.5. The summed E-state index contributed by atoms with van der Waals surface area (Å²) in [6, 6.07) is 6.32. The minimum absolute atomic E-state index is 0.252. The minimum atomic E-state index is -1.28. The number of benzene rings is 1. The quantitative estimate of drug-likeness (QED) is 0.900. The Labute approximate surface area is 109 Å². The Kier molecular flexibility index (Phi) is 3.06. The van der Waals surface area contributed by atoms with Crippen molar-refractivity contribution in [3.05, 3.63) is 40.4 Å². The van der Waals surface area contributed by atoms with Crippen molar-refractivity contribution in [1.29, 1.82) is 0 Å². The molecule has 19 heavy (non-hydrogen) atoms. The molecule has 5 heteroatoms. The number of ether oxygens (including phenoxy) is 1. The van der Waals surface area contributed by atoms with E-state index in [0.29, 0.717) is 11.1 Å². The number of hydrogen-bond donors (Lipinski definition) is 1. The van der Waals surface area contributed by atoms with Gasteiger partial charge in [0.2, 0.25) is 5.76 Å². The maximum Gasteiger partial charge on any atom is 0.371 e. The van der Waals surface area contributed by atoms with Gasteiger partial charge in [-0.05, 0) is 38.3 Å². The van der Waals surface area contributed by atoms with Crippen molar-refractivity contribution < 1.29 is 19.1 Å². The van der Waals surface area contributed by atoms with Crippen LogP contribution in [-0.4, -0.2) is 16.7 Å². The van der Waals surface area contributed by atoms with Gasteiger partial charge in [0.1, 0.15) is 16.7 Å². The molecule has 0 amide bonds. The first-order chi connectivity index (χ1) is 8.78. The molecule has 0 aliphatic rings. The standard InChI is InChI=1S/C14H14O5/c1-14(2,3)19-9-6-4-5-8-7-10(12(15)16)18-13(17)11(8)9/h4-7H,1-3H3,(H,15,16). The van der Waals surface area contributed by atoms with Gasteiger partial charge in [0, 0.05) is 0 Å². The summed E-state index contributed by atoms with van der Waals surface area (Å²) >= 11 is 0. The first-order valence-electron chi connectivity index (χ1n) is 5.77. The Morgan fingerprint density at radius 1 is 1.32 bits per heavy atom. The van der Waals surface area contributed by atoms with Gasteiger partial charge in [0.05, 0.1) is 0 Å². The lowest BCUT2D eigenvalue weighted by molar-refractivity contribution is 0.0657. The molecule has 1 heterocycles. The third kappa shape index (κ3) is 2.76. The van der Waals surface area contributed by atoms with E-state index in [9.17, 15) is 9.59 Å². The van der Waals surface area contributed by atoms with E-state index < -0.39 is 17.2 Å². The molecule has 1 N–H and O–H groups in total. The van der Waals surface area contributed by atoms with E-state index in [1.54, 1.807) is 18.2 Å². The predicted molar refractivity (Wildman–Crippen MR) is 69.8 cm³/mol. The van der Waals surface area contributed by atoms with Crippen LogP contribution in [0, 0.1) is 0 Å². The van der Waals surface area contributed by atoms with Gasteiger partial charge < -0.3 is 14.3 Å². The number of hydrogen-bond acceptors (Lipinski definition) is 4. The molecule has 0 aliphatic heterocycles. The average Bonchev–Trinajstić information content (AvgIpc) is 2.26. The highest BCUT2D eigenvalue weighted by atomic mass is 16.5. The third-order valence-corrected chi connectivity index (χ3v) is 2.38. The molecule has 2 rings (SSSR count). The van der Waals surface area contributed by atoms with Crippen LogP contribution >= 0.6 is 0 Å². The van der Waals surface area contributed by atoms with E-state index in [1.807, 2.05) is 20.8 Å². The molecule has 0 radical (unpaired) electrons. The fourth-order valence-electron chi connectivity index (χ4n) is 1.73. The zero-order valence-corrected chi connectivity index (χ0v) is 10.9. The molecule has 0 spiro atoms. The number of fused-ring (bicyclic) bond motifs is 1. The van der Waals surface area contributed by atoms with E-state index in [2.05, 4.69) is 0 Å². The molecule has 100 valence electrons. The summed E-state index contributed by atoms with van der Waals surface area (Å²) in [5.74, 6) is -1.28. The lowest BCUT2D eigenvalue weighted by Gasteiger charge is -2.21. The number of aromatic carboxylic acids is 1. The number of carboxylic acids is 1. The monoisotopic (exact) mass is 262 g/mol. The van der Waals surface area contributed by atoms with E-state index in [1.165, 1.54) is 6.07 Å². The first-order valence-corrected chi connectivity index (χ1v) is 5.77. The maximum absolute atomic E-state index is 11.9. The van der Waals surface area contributed by atoms with Gasteiger partial charge in [-0.25, -0.2) is 9.59 Å². The summed E-state index contributed by atoms with van der Waals surface area (Å²) in [5.41, 5.74) is -1.18. The van der Waals surface area contributed by atoms with Crippen LogP contribution in [0.5, 0.6) is 5.75 Å². The topological polar surface area (TPSA) is 76.7 Å². The SMILES string of the molecule is CC(C)(C)Oc1cccc2cc(C(=O)O)oc(=O)c12. The molecule has 0 aliphatic carbocycles. The van der Waals surface area contributed by atoms with Gasteiger partial charge in [-0.1, -0.05) is 12.1 Å². The highest BCUT2D eigenvalue weighted by Crippen LogP contribution is 2.26. The van der Waals surface area contributed by atoms with E-state index in [-0.39, 0.29) is 11.1 Å². The Morgan fingerprint density at radius 2 is 2.00 bits per heavy atom. The van der Waals surface area contributed by atoms with Gasteiger partial charge in [0.15, 0.2) is 0 Å². The zero-order chi connectivity index (χ0) is 14.2. The second kappa shape index (κ2) is 4.42. The van der Waals surface area contributed by atoms with Crippen LogP contribution in [-0.2, 0) is 0 Å². The smallest absolute Gasteiger partial charge is 0.371 e. The third-order valence-electron chi connectivity index (χ3n) is 2.38. The largest absolute Gasteiger partial charge is 0.487 e. The highest BCUT2D eigenvalue weighted by molar-refractivity contribution is 5.93. The molecule has 1 aromatic heterocycles. The molecule has 0 unspecified atom stereocenters. The number of rotatable bonds is 2. The van der Waals surface area contributed by atoms with Crippen LogP contribution in [0.3, 0.4) is 0 Å². The molecule has 0 saturated carbocycles. The van der Waals surface area contributed by atoms with Crippen LogP contribution in [0.15, 0.2) is 33.5 Å². The van der Waals surface area contributed by atoms with Crippen LogP contribution in [0.1, 0.15) is 31.3 Å². The summed E-state index contributed by atoms with van der Waals surface area (Å²) in [4.78, 5) is 22.7. The number of carbonyl (C=O) groups is 1. The van der Waals surface area contributed by atoms with E-state index in [4.69, 9.17) is 14.3 Å². The van der Waals surface area contributed by atoms with Crippen molar-refractivity contribution in [2.75, 3.05) is 0 Å². The normalized spacial score (nSPS) is 11.5. The van der Waals surface area contributed by atoms with Crippen molar-refractivity contribution in [2.24, 2.45) is 0 Å². The van der Waals surface area contributed by atoms with Crippen LogP contribution in [0.2, 0.25) is 0 Å². The van der Waals surface area contributed by atoms with Crippen LogP contribution in [0.4, 0.5) is 0 Å². The summed E-state index contributed by atoms with van der Waals surface area (Å²) in [7, 11) is 0. The van der Waals surface area contributed by atoms with Gasteiger partial charge in [-0.15, -0.1) is 0 Å². The van der Waals surface area contributed by atoms with Crippen molar-refractivity contribution in [3.8, 4) is 5.75 Å². The highest BCUT2D eigenvalue weighted by Gasteiger charge is 2.18. The average molecular weight is 262 g/mol. The van der Waals surface area contributed by atoms with Crippen molar-refractivity contribution in [1.82, 2.24) is 0 Å². The Morgan fingerprint density at radius 3 is 2.58 bits per heavy atom. The maximum atomic E-state index is 11.9. The zero-order valence-electron chi connectivity index (χ0n) is 10.9.